The largest absolute Gasteiger partial charge is 0.393 e. The summed E-state index contributed by atoms with van der Waals surface area (Å²) in [5.41, 5.74) is 0. The van der Waals surface area contributed by atoms with E-state index in [0.717, 1.165) is 57.0 Å². The summed E-state index contributed by atoms with van der Waals surface area (Å²) in [4.78, 5) is 6.69. The fourth-order valence-corrected chi connectivity index (χ4v) is 2.51. The summed E-state index contributed by atoms with van der Waals surface area (Å²) in [5.74, 6) is 1.88. The lowest BCUT2D eigenvalue weighted by Gasteiger charge is -2.35. The number of hydrogen-bond acceptors (Lipinski definition) is 5. The van der Waals surface area contributed by atoms with E-state index in [9.17, 15) is 5.11 Å². The Balaban J connectivity index is 1.88. The van der Waals surface area contributed by atoms with E-state index in [4.69, 9.17) is 4.52 Å². The molecular weight excluding hydrogens is 230 g/mol. The molecule has 5 nitrogen and oxygen atoms in total. The normalized spacial score (nSPS) is 25.5. The van der Waals surface area contributed by atoms with Crippen LogP contribution in [-0.4, -0.2) is 39.3 Å². The highest BCUT2D eigenvalue weighted by Gasteiger charge is 2.27. The molecule has 0 saturated carbocycles. The van der Waals surface area contributed by atoms with Crippen LogP contribution in [0.15, 0.2) is 4.52 Å². The van der Waals surface area contributed by atoms with Gasteiger partial charge in [0.05, 0.1) is 12.6 Å². The van der Waals surface area contributed by atoms with Crippen molar-refractivity contribution >= 4 is 0 Å². The fraction of sp³-hybridized carbons (Fsp3) is 0.846. The third-order valence-corrected chi connectivity index (χ3v) is 3.64. The number of rotatable bonds is 5. The van der Waals surface area contributed by atoms with Crippen LogP contribution in [0.2, 0.25) is 0 Å². The maximum Gasteiger partial charge on any atom is 0.226 e. The highest BCUT2D eigenvalue weighted by molar-refractivity contribution is 4.88. The van der Waals surface area contributed by atoms with E-state index in [-0.39, 0.29) is 6.10 Å². The molecule has 102 valence electrons. The van der Waals surface area contributed by atoms with Gasteiger partial charge in [0, 0.05) is 19.5 Å². The van der Waals surface area contributed by atoms with Gasteiger partial charge in [-0.2, -0.15) is 4.98 Å². The Morgan fingerprint density at radius 3 is 3.00 bits per heavy atom. The molecule has 0 aliphatic carbocycles. The smallest absolute Gasteiger partial charge is 0.226 e. The van der Waals surface area contributed by atoms with Gasteiger partial charge in [-0.3, -0.25) is 4.90 Å². The van der Waals surface area contributed by atoms with Crippen molar-refractivity contribution in [1.29, 1.82) is 0 Å². The van der Waals surface area contributed by atoms with Gasteiger partial charge in [0.15, 0.2) is 5.82 Å². The Hall–Kier alpha value is -0.940. The molecule has 2 atom stereocenters. The number of aromatic nitrogens is 2. The molecule has 5 heteroatoms. The van der Waals surface area contributed by atoms with E-state index < -0.39 is 0 Å². The Morgan fingerprint density at radius 2 is 2.28 bits per heavy atom. The monoisotopic (exact) mass is 253 g/mol. The minimum absolute atomic E-state index is 0.146. The van der Waals surface area contributed by atoms with Crippen molar-refractivity contribution < 1.29 is 9.63 Å². The van der Waals surface area contributed by atoms with Gasteiger partial charge in [0.1, 0.15) is 0 Å². The molecule has 0 bridgehead atoms. The third kappa shape index (κ3) is 3.29. The predicted octanol–water partition coefficient (Wildman–Crippen LogP) is 1.61. The number of likely N-dealkylation sites (tertiary alicyclic amines) is 1. The molecule has 1 aromatic rings. The highest BCUT2D eigenvalue weighted by Crippen LogP contribution is 2.21. The Kier molecular flexibility index (Phi) is 4.72. The second-order valence-corrected chi connectivity index (χ2v) is 5.11. The summed E-state index contributed by atoms with van der Waals surface area (Å²) in [5, 5.41) is 13.9. The quantitative estimate of drug-likeness (QED) is 0.864. The minimum Gasteiger partial charge on any atom is -0.393 e. The van der Waals surface area contributed by atoms with E-state index in [0.29, 0.717) is 5.92 Å². The first kappa shape index (κ1) is 13.5. The Bertz CT molecular complexity index is 367. The predicted molar refractivity (Wildman–Crippen MR) is 68.0 cm³/mol. The number of piperidine rings is 1. The van der Waals surface area contributed by atoms with Gasteiger partial charge in [-0.1, -0.05) is 19.0 Å². The second kappa shape index (κ2) is 6.29. The van der Waals surface area contributed by atoms with E-state index in [1.54, 1.807) is 0 Å². The van der Waals surface area contributed by atoms with Crippen LogP contribution in [0.3, 0.4) is 0 Å². The molecule has 0 amide bonds. The zero-order valence-electron chi connectivity index (χ0n) is 11.3. The number of aliphatic hydroxyl groups is 1. The highest BCUT2D eigenvalue weighted by atomic mass is 16.5. The van der Waals surface area contributed by atoms with E-state index in [1.165, 1.54) is 0 Å². The summed E-state index contributed by atoms with van der Waals surface area (Å²) in [6.45, 7) is 6.80. The lowest BCUT2D eigenvalue weighted by atomic mass is 9.92. The van der Waals surface area contributed by atoms with Gasteiger partial charge >= 0.3 is 0 Å². The van der Waals surface area contributed by atoms with Gasteiger partial charge in [0.25, 0.3) is 0 Å². The average molecular weight is 253 g/mol. The van der Waals surface area contributed by atoms with Crippen molar-refractivity contribution in [2.24, 2.45) is 5.92 Å². The lowest BCUT2D eigenvalue weighted by Crippen LogP contribution is -2.42. The molecular formula is C13H23N3O2. The van der Waals surface area contributed by atoms with Gasteiger partial charge in [-0.05, 0) is 25.2 Å². The van der Waals surface area contributed by atoms with Gasteiger partial charge in [-0.15, -0.1) is 0 Å². The molecule has 0 radical (unpaired) electrons. The zero-order valence-corrected chi connectivity index (χ0v) is 11.3. The Morgan fingerprint density at radius 1 is 1.44 bits per heavy atom. The van der Waals surface area contributed by atoms with Crippen LogP contribution >= 0.6 is 0 Å². The standard InChI is InChI=1S/C13H23N3O2/c1-3-5-13-14-12(15-18-13)9-16-7-6-11(17)10(4-2)8-16/h10-11,17H,3-9H2,1-2H3. The lowest BCUT2D eigenvalue weighted by molar-refractivity contribution is 0.0211. The first-order chi connectivity index (χ1) is 8.72. The summed E-state index contributed by atoms with van der Waals surface area (Å²) >= 11 is 0. The van der Waals surface area contributed by atoms with Crippen LogP contribution in [0.1, 0.15) is 44.8 Å². The SMILES string of the molecule is CCCc1nc(CN2CCC(O)C(CC)C2)no1. The van der Waals surface area contributed by atoms with Gasteiger partial charge in [-0.25, -0.2) is 0 Å². The molecule has 2 rings (SSSR count). The molecule has 1 aliphatic heterocycles. The van der Waals surface area contributed by atoms with Crippen LogP contribution in [0, 0.1) is 5.92 Å². The molecule has 1 fully saturated rings. The van der Waals surface area contributed by atoms with Crippen molar-refractivity contribution in [3.05, 3.63) is 11.7 Å². The topological polar surface area (TPSA) is 62.4 Å². The summed E-state index contributed by atoms with van der Waals surface area (Å²) in [6, 6.07) is 0. The molecule has 1 N–H and O–H groups in total. The first-order valence-electron chi connectivity index (χ1n) is 6.94. The molecule has 18 heavy (non-hydrogen) atoms. The average Bonchev–Trinajstić information content (AvgIpc) is 2.80. The molecule has 0 spiro atoms. The van der Waals surface area contributed by atoms with Crippen LogP contribution in [0.5, 0.6) is 0 Å². The third-order valence-electron chi connectivity index (χ3n) is 3.64. The fourth-order valence-electron chi connectivity index (χ4n) is 2.51. The number of aliphatic hydroxyl groups excluding tert-OH is 1. The van der Waals surface area contributed by atoms with Gasteiger partial charge in [0.2, 0.25) is 5.89 Å². The minimum atomic E-state index is -0.146. The van der Waals surface area contributed by atoms with Crippen LogP contribution in [0.4, 0.5) is 0 Å². The molecule has 0 aromatic carbocycles. The van der Waals surface area contributed by atoms with E-state index in [2.05, 4.69) is 28.9 Å². The van der Waals surface area contributed by atoms with Crippen molar-refractivity contribution in [3.63, 3.8) is 0 Å². The van der Waals surface area contributed by atoms with Crippen molar-refractivity contribution in [1.82, 2.24) is 15.0 Å². The van der Waals surface area contributed by atoms with E-state index >= 15 is 0 Å². The molecule has 1 saturated heterocycles. The van der Waals surface area contributed by atoms with E-state index in [1.807, 2.05) is 0 Å². The molecule has 2 heterocycles. The summed E-state index contributed by atoms with van der Waals surface area (Å²) in [7, 11) is 0. The molecule has 1 aromatic heterocycles. The zero-order chi connectivity index (χ0) is 13.0. The number of nitrogens with zero attached hydrogens (tertiary/aromatic N) is 3. The van der Waals surface area contributed by atoms with Gasteiger partial charge < -0.3 is 9.63 Å². The van der Waals surface area contributed by atoms with Crippen LogP contribution in [0.25, 0.3) is 0 Å². The second-order valence-electron chi connectivity index (χ2n) is 5.11. The maximum absolute atomic E-state index is 9.85. The summed E-state index contributed by atoms with van der Waals surface area (Å²) in [6.07, 6.45) is 3.59. The first-order valence-corrected chi connectivity index (χ1v) is 6.94. The molecule has 1 aliphatic rings. The van der Waals surface area contributed by atoms with Crippen LogP contribution in [-0.2, 0) is 13.0 Å². The van der Waals surface area contributed by atoms with Crippen molar-refractivity contribution in [3.8, 4) is 0 Å². The van der Waals surface area contributed by atoms with Crippen molar-refractivity contribution in [2.45, 2.75) is 52.2 Å². The molecule has 2 unspecified atom stereocenters. The number of hydrogen-bond donors (Lipinski definition) is 1. The number of aryl methyl sites for hydroxylation is 1. The maximum atomic E-state index is 9.85. The van der Waals surface area contributed by atoms with Crippen molar-refractivity contribution in [2.75, 3.05) is 13.1 Å². The summed E-state index contributed by atoms with van der Waals surface area (Å²) < 4.78 is 5.18. The van der Waals surface area contributed by atoms with Crippen LogP contribution < -0.4 is 0 Å². The Labute approximate surface area is 108 Å².